The van der Waals surface area contributed by atoms with Gasteiger partial charge in [0.2, 0.25) is 0 Å². The third kappa shape index (κ3) is 2.96. The van der Waals surface area contributed by atoms with Gasteiger partial charge in [-0.3, -0.25) is 9.59 Å². The molecule has 2 heterocycles. The first kappa shape index (κ1) is 15.6. The molecule has 2 aromatic heterocycles. The Bertz CT molecular complexity index is 768. The van der Waals surface area contributed by atoms with Gasteiger partial charge >= 0.3 is 0 Å². The summed E-state index contributed by atoms with van der Waals surface area (Å²) < 4.78 is 16.1. The highest BCUT2D eigenvalue weighted by atomic mass is 35.5. The quantitative estimate of drug-likeness (QED) is 0.940. The van der Waals surface area contributed by atoms with E-state index in [-0.39, 0.29) is 21.6 Å². The zero-order valence-electron chi connectivity index (χ0n) is 11.3. The third-order valence-corrected chi connectivity index (χ3v) is 3.83. The zero-order valence-corrected chi connectivity index (χ0v) is 12.8. The highest BCUT2D eigenvalue weighted by Gasteiger charge is 2.16. The topological polar surface area (TPSA) is 56.0 Å². The highest BCUT2D eigenvalue weighted by molar-refractivity contribution is 6.42. The summed E-state index contributed by atoms with van der Waals surface area (Å²) in [6.45, 7) is 1.99. The third-order valence-electron chi connectivity index (χ3n) is 2.99. The first-order valence-corrected chi connectivity index (χ1v) is 6.82. The number of aryl methyl sites for hydroxylation is 1. The van der Waals surface area contributed by atoms with Crippen molar-refractivity contribution in [3.8, 4) is 0 Å². The van der Waals surface area contributed by atoms with Crippen LogP contribution in [0.5, 0.6) is 0 Å². The van der Waals surface area contributed by atoms with Crippen LogP contribution >= 0.6 is 23.2 Å². The Hall–Kier alpha value is -1.79. The molecule has 1 N–H and O–H groups in total. The first-order valence-electron chi connectivity index (χ1n) is 6.07. The number of carbonyl (C=O) groups is 1. The molecule has 112 valence electrons. The largest absolute Gasteiger partial charge is 0.329 e. The fourth-order valence-electron chi connectivity index (χ4n) is 1.86. The molecule has 0 spiro atoms. The summed E-state index contributed by atoms with van der Waals surface area (Å²) in [6, 6.07) is 2.38. The van der Waals surface area contributed by atoms with Gasteiger partial charge in [-0.2, -0.15) is 0 Å². The van der Waals surface area contributed by atoms with E-state index in [1.54, 1.807) is 14.0 Å². The van der Waals surface area contributed by atoms with Crippen molar-refractivity contribution in [2.75, 3.05) is 5.32 Å². The molecule has 2 rings (SSSR count). The number of anilines is 1. The molecular formula is C13H12Cl2FN3O2. The maximum atomic E-state index is 13.5. The molecule has 0 unspecified atom stereocenters. The van der Waals surface area contributed by atoms with E-state index in [0.717, 1.165) is 10.6 Å². The second-order valence-corrected chi connectivity index (χ2v) is 5.11. The number of pyridine rings is 1. The minimum Gasteiger partial charge on any atom is -0.329 e. The van der Waals surface area contributed by atoms with Crippen LogP contribution in [0.3, 0.4) is 0 Å². The molecule has 21 heavy (non-hydrogen) atoms. The van der Waals surface area contributed by atoms with Crippen LogP contribution in [0.4, 0.5) is 10.1 Å². The van der Waals surface area contributed by atoms with E-state index in [1.807, 2.05) is 0 Å². The van der Waals surface area contributed by atoms with Gasteiger partial charge in [0.05, 0.1) is 10.7 Å². The number of rotatable bonds is 3. The van der Waals surface area contributed by atoms with Crippen LogP contribution in [0, 0.1) is 5.82 Å². The number of hydrogen-bond acceptors (Lipinski definition) is 2. The Kier molecular flexibility index (Phi) is 4.39. The number of halogens is 3. The van der Waals surface area contributed by atoms with Gasteiger partial charge in [0.15, 0.2) is 5.82 Å². The molecule has 2 aromatic rings. The molecule has 0 saturated carbocycles. The van der Waals surface area contributed by atoms with Gasteiger partial charge in [-0.15, -0.1) is 0 Å². The minimum absolute atomic E-state index is 0.174. The Morgan fingerprint density at radius 2 is 2.05 bits per heavy atom. The van der Waals surface area contributed by atoms with Gasteiger partial charge in [-0.1, -0.05) is 23.2 Å². The average molecular weight is 332 g/mol. The van der Waals surface area contributed by atoms with Crippen LogP contribution in [0.1, 0.15) is 17.4 Å². The molecule has 0 bridgehead atoms. The van der Waals surface area contributed by atoms with Gasteiger partial charge in [-0.05, 0) is 13.0 Å². The number of nitrogens with one attached hydrogen (secondary N) is 1. The smallest absolute Gasteiger partial charge is 0.286 e. The highest BCUT2D eigenvalue weighted by Crippen LogP contribution is 2.25. The number of carbonyl (C=O) groups excluding carboxylic acids is 1. The van der Waals surface area contributed by atoms with Crippen molar-refractivity contribution in [3.63, 3.8) is 0 Å². The van der Waals surface area contributed by atoms with Gasteiger partial charge in [0.25, 0.3) is 11.5 Å². The molecule has 0 aromatic carbocycles. The van der Waals surface area contributed by atoms with E-state index in [9.17, 15) is 14.0 Å². The van der Waals surface area contributed by atoms with Gasteiger partial charge in [0.1, 0.15) is 10.8 Å². The molecule has 0 atom stereocenters. The predicted molar refractivity (Wildman–Crippen MR) is 79.7 cm³/mol. The fourth-order valence-corrected chi connectivity index (χ4v) is 2.23. The van der Waals surface area contributed by atoms with Crippen molar-refractivity contribution in [2.24, 2.45) is 7.05 Å². The zero-order chi connectivity index (χ0) is 15.7. The summed E-state index contributed by atoms with van der Waals surface area (Å²) in [7, 11) is 1.58. The second-order valence-electron chi connectivity index (χ2n) is 4.35. The number of aromatic nitrogens is 2. The van der Waals surface area contributed by atoms with Crippen molar-refractivity contribution in [1.82, 2.24) is 9.13 Å². The van der Waals surface area contributed by atoms with Crippen LogP contribution < -0.4 is 10.9 Å². The Labute approximate surface area is 129 Å². The lowest BCUT2D eigenvalue weighted by Gasteiger charge is -2.09. The normalized spacial score (nSPS) is 10.7. The molecule has 8 heteroatoms. The molecule has 0 fully saturated rings. The number of nitrogens with zero attached hydrogens (tertiary/aromatic N) is 2. The predicted octanol–water partition coefficient (Wildman–Crippen LogP) is 2.90. The molecule has 0 aliphatic heterocycles. The summed E-state index contributed by atoms with van der Waals surface area (Å²) in [5, 5.41) is 2.98. The van der Waals surface area contributed by atoms with E-state index in [0.29, 0.717) is 6.54 Å². The minimum atomic E-state index is -0.933. The van der Waals surface area contributed by atoms with E-state index in [4.69, 9.17) is 23.2 Å². The van der Waals surface area contributed by atoms with Crippen LogP contribution in [0.2, 0.25) is 10.2 Å². The molecule has 0 saturated heterocycles. The van der Waals surface area contributed by atoms with Crippen LogP contribution in [-0.2, 0) is 13.6 Å². The van der Waals surface area contributed by atoms with Crippen molar-refractivity contribution in [1.29, 1.82) is 0 Å². The lowest BCUT2D eigenvalue weighted by atomic mass is 10.3. The number of hydrogen-bond donors (Lipinski definition) is 1. The Balaban J connectivity index is 2.34. The van der Waals surface area contributed by atoms with E-state index in [1.165, 1.54) is 16.8 Å². The van der Waals surface area contributed by atoms with E-state index in [2.05, 4.69) is 5.32 Å². The fraction of sp³-hybridized carbons (Fsp3) is 0.231. The monoisotopic (exact) mass is 331 g/mol. The van der Waals surface area contributed by atoms with Crippen LogP contribution in [0.15, 0.2) is 23.1 Å². The summed E-state index contributed by atoms with van der Waals surface area (Å²) in [5.74, 6) is -1.44. The number of amides is 1. The summed E-state index contributed by atoms with van der Waals surface area (Å²) >= 11 is 11.7. The van der Waals surface area contributed by atoms with Gasteiger partial charge in [-0.25, -0.2) is 4.39 Å². The molecule has 0 radical (unpaired) electrons. The Morgan fingerprint density at radius 1 is 1.38 bits per heavy atom. The molecule has 5 nitrogen and oxygen atoms in total. The van der Waals surface area contributed by atoms with E-state index < -0.39 is 17.3 Å². The lowest BCUT2D eigenvalue weighted by molar-refractivity contribution is 0.101. The van der Waals surface area contributed by atoms with Crippen molar-refractivity contribution in [3.05, 3.63) is 50.4 Å². The van der Waals surface area contributed by atoms with Crippen LogP contribution in [-0.4, -0.2) is 15.0 Å². The Morgan fingerprint density at radius 3 is 2.57 bits per heavy atom. The van der Waals surface area contributed by atoms with Crippen LogP contribution in [0.25, 0.3) is 0 Å². The summed E-state index contributed by atoms with van der Waals surface area (Å²) in [5.41, 5.74) is -0.340. The maximum Gasteiger partial charge on any atom is 0.286 e. The molecule has 1 amide bonds. The first-order chi connectivity index (χ1) is 9.85. The van der Waals surface area contributed by atoms with Gasteiger partial charge in [0, 0.05) is 25.9 Å². The lowest BCUT2D eigenvalue weighted by Crippen LogP contribution is -2.24. The molecular weight excluding hydrogens is 320 g/mol. The average Bonchev–Trinajstić information content (AvgIpc) is 2.70. The van der Waals surface area contributed by atoms with E-state index >= 15 is 0 Å². The molecule has 0 aliphatic carbocycles. The van der Waals surface area contributed by atoms with Crippen molar-refractivity contribution in [2.45, 2.75) is 13.5 Å². The maximum absolute atomic E-state index is 13.5. The standard InChI is InChI=1S/C13H12Cl2FN3O2/c1-3-19-6-7(4-9(16)13(19)21)17-12(20)10-5-8(14)11(15)18(10)2/h4-6H,3H2,1-2H3,(H,17,20). The molecule has 0 aliphatic rings. The van der Waals surface area contributed by atoms with Gasteiger partial charge < -0.3 is 14.5 Å². The summed E-state index contributed by atoms with van der Waals surface area (Å²) in [6.07, 6.45) is 1.37. The summed E-state index contributed by atoms with van der Waals surface area (Å²) in [4.78, 5) is 23.6. The SMILES string of the molecule is CCn1cc(NC(=O)c2cc(Cl)c(Cl)n2C)cc(F)c1=O. The second kappa shape index (κ2) is 5.91. The van der Waals surface area contributed by atoms with Crippen molar-refractivity contribution < 1.29 is 9.18 Å². The van der Waals surface area contributed by atoms with Crippen molar-refractivity contribution >= 4 is 34.8 Å².